The summed E-state index contributed by atoms with van der Waals surface area (Å²) in [6.45, 7) is 8.26. The van der Waals surface area contributed by atoms with Crippen molar-refractivity contribution < 1.29 is 48.5 Å². The number of phenols is 1. The third-order valence-corrected chi connectivity index (χ3v) is 9.58. The van der Waals surface area contributed by atoms with Crippen molar-refractivity contribution in [2.75, 3.05) is 0 Å². The van der Waals surface area contributed by atoms with Crippen molar-refractivity contribution in [2.24, 2.45) is 17.6 Å². The first-order valence-corrected chi connectivity index (χ1v) is 18.3. The highest BCUT2D eigenvalue weighted by atomic mass is 16.6. The Balaban J connectivity index is 1.57. The highest BCUT2D eigenvalue weighted by Gasteiger charge is 2.45. The van der Waals surface area contributed by atoms with Crippen molar-refractivity contribution in [3.63, 3.8) is 0 Å². The summed E-state index contributed by atoms with van der Waals surface area (Å²) in [6.07, 6.45) is 3.92. The summed E-state index contributed by atoms with van der Waals surface area (Å²) in [5.41, 5.74) is 5.97. The SMILES string of the molecule is CCC(C)CCCCCCCCC(=O)N[C@@H](CC(N)=O)C(=O)N[C@H]1CC(=O)O[C@@H]1[C@H](O)C(=O)N[C@@H](CC(C)C)[C@@H]1Cc2cccc(O)c2C(=O)O1. The van der Waals surface area contributed by atoms with Crippen LogP contribution in [0.1, 0.15) is 121 Å². The molecule has 51 heavy (non-hydrogen) atoms. The van der Waals surface area contributed by atoms with Gasteiger partial charge in [0, 0.05) is 12.8 Å². The Hall–Kier alpha value is -4.20. The number of amides is 4. The maximum absolute atomic E-state index is 13.4. The lowest BCUT2D eigenvalue weighted by Crippen LogP contribution is -2.57. The highest BCUT2D eigenvalue weighted by Crippen LogP contribution is 2.30. The molecular weight excluding hydrogens is 660 g/mol. The van der Waals surface area contributed by atoms with Crippen molar-refractivity contribution in [3.8, 4) is 5.75 Å². The molecule has 14 nitrogen and oxygen atoms in total. The molecule has 0 spiro atoms. The Labute approximate surface area is 300 Å². The van der Waals surface area contributed by atoms with Gasteiger partial charge < -0.3 is 41.4 Å². The smallest absolute Gasteiger partial charge is 0.342 e. The molecule has 0 radical (unpaired) electrons. The summed E-state index contributed by atoms with van der Waals surface area (Å²) in [5, 5.41) is 29.0. The number of nitrogens with one attached hydrogen (secondary N) is 3. The summed E-state index contributed by atoms with van der Waals surface area (Å²) in [4.78, 5) is 76.2. The van der Waals surface area contributed by atoms with Gasteiger partial charge in [-0.15, -0.1) is 0 Å². The average molecular weight is 717 g/mol. The molecule has 0 bridgehead atoms. The standard InChI is InChI=1S/C37H56N4O10/c1-5-22(4)13-10-8-6-7-9-11-16-30(44)39-26(19-29(38)43)35(47)41-25-20-31(45)51-34(25)33(46)36(48)40-24(17-21(2)3)28-18-23-14-12-15-27(42)32(23)37(49)50-28/h12,14-15,21-22,24-26,28,33-34,42,46H,5-11,13,16-20H2,1-4H3,(H2,38,43)(H,39,44)(H,40,48)(H,41,47)/t22?,24-,25-,26-,28-,33-,34-/m0/s1. The summed E-state index contributed by atoms with van der Waals surface area (Å²) >= 11 is 0. The minimum absolute atomic E-state index is 0.0368. The number of esters is 2. The number of hydrogen-bond acceptors (Lipinski definition) is 10. The van der Waals surface area contributed by atoms with Crippen molar-refractivity contribution in [3.05, 3.63) is 29.3 Å². The first-order chi connectivity index (χ1) is 24.2. The topological polar surface area (TPSA) is 223 Å². The Morgan fingerprint density at radius 3 is 2.29 bits per heavy atom. The first-order valence-electron chi connectivity index (χ1n) is 18.3. The fourth-order valence-corrected chi connectivity index (χ4v) is 6.55. The largest absolute Gasteiger partial charge is 0.507 e. The molecule has 1 aromatic carbocycles. The first kappa shape index (κ1) is 41.2. The number of aliphatic hydroxyl groups excluding tert-OH is 1. The second-order valence-corrected chi connectivity index (χ2v) is 14.4. The number of benzene rings is 1. The van der Waals surface area contributed by atoms with E-state index in [0.717, 1.165) is 31.6 Å². The second kappa shape index (κ2) is 20.0. The number of fused-ring (bicyclic) bond motifs is 1. The van der Waals surface area contributed by atoms with E-state index in [1.807, 2.05) is 13.8 Å². The molecule has 3 rings (SSSR count). The number of primary amides is 1. The van der Waals surface area contributed by atoms with Crippen LogP contribution in [0.3, 0.4) is 0 Å². The monoisotopic (exact) mass is 716 g/mol. The Bertz CT molecular complexity index is 1380. The lowest BCUT2D eigenvalue weighted by molar-refractivity contribution is -0.151. The van der Waals surface area contributed by atoms with Gasteiger partial charge >= 0.3 is 11.9 Å². The minimum atomic E-state index is -1.92. The molecule has 1 unspecified atom stereocenters. The number of unbranched alkanes of at least 4 members (excludes halogenated alkanes) is 5. The predicted octanol–water partition coefficient (Wildman–Crippen LogP) is 2.69. The van der Waals surface area contributed by atoms with Crippen LogP contribution in [0, 0.1) is 11.8 Å². The normalized spacial score (nSPS) is 20.7. The molecule has 14 heteroatoms. The zero-order chi connectivity index (χ0) is 37.7. The van der Waals surface area contributed by atoms with E-state index in [1.54, 1.807) is 12.1 Å². The van der Waals surface area contributed by atoms with Crippen molar-refractivity contribution in [2.45, 2.75) is 148 Å². The van der Waals surface area contributed by atoms with Gasteiger partial charge in [0.25, 0.3) is 5.91 Å². The van der Waals surface area contributed by atoms with Gasteiger partial charge in [0.2, 0.25) is 17.7 Å². The number of carbonyl (C=O) groups excluding carboxylic acids is 6. The quantitative estimate of drug-likeness (QED) is 0.0806. The van der Waals surface area contributed by atoms with E-state index in [9.17, 15) is 39.0 Å². The third kappa shape index (κ3) is 12.8. The molecule has 0 saturated carbocycles. The number of phenolic OH excluding ortho intramolecular Hbond substituents is 1. The third-order valence-electron chi connectivity index (χ3n) is 9.58. The van der Waals surface area contributed by atoms with Crippen LogP contribution in [0.15, 0.2) is 18.2 Å². The molecule has 0 aliphatic carbocycles. The van der Waals surface area contributed by atoms with Gasteiger partial charge in [0.1, 0.15) is 23.5 Å². The Morgan fingerprint density at radius 1 is 0.941 bits per heavy atom. The molecule has 2 aliphatic rings. The Kier molecular flexibility index (Phi) is 16.2. The number of cyclic esters (lactones) is 2. The van der Waals surface area contributed by atoms with E-state index in [4.69, 9.17) is 15.2 Å². The number of aromatic hydroxyl groups is 1. The van der Waals surface area contributed by atoms with E-state index in [2.05, 4.69) is 29.8 Å². The van der Waals surface area contributed by atoms with Crippen LogP contribution in [0.25, 0.3) is 0 Å². The molecule has 284 valence electrons. The van der Waals surface area contributed by atoms with E-state index in [-0.39, 0.29) is 36.5 Å². The van der Waals surface area contributed by atoms with Gasteiger partial charge in [-0.2, -0.15) is 0 Å². The number of hydrogen-bond donors (Lipinski definition) is 6. The van der Waals surface area contributed by atoms with Gasteiger partial charge in [-0.25, -0.2) is 4.79 Å². The molecule has 2 heterocycles. The summed E-state index contributed by atoms with van der Waals surface area (Å²) < 4.78 is 10.8. The number of rotatable bonds is 21. The molecule has 2 aliphatic heterocycles. The fourth-order valence-electron chi connectivity index (χ4n) is 6.55. The van der Waals surface area contributed by atoms with Gasteiger partial charge in [0.05, 0.1) is 24.9 Å². The maximum Gasteiger partial charge on any atom is 0.342 e. The highest BCUT2D eigenvalue weighted by molar-refractivity contribution is 5.95. The van der Waals surface area contributed by atoms with Crippen LogP contribution in [-0.4, -0.2) is 82.2 Å². The van der Waals surface area contributed by atoms with Gasteiger partial charge in [-0.3, -0.25) is 24.0 Å². The van der Waals surface area contributed by atoms with Crippen LogP contribution in [-0.2, 0) is 39.9 Å². The molecular formula is C37H56N4O10. The summed E-state index contributed by atoms with van der Waals surface area (Å²) in [5.74, 6) is -3.96. The maximum atomic E-state index is 13.4. The van der Waals surface area contributed by atoms with E-state index < -0.39 is 78.4 Å². The second-order valence-electron chi connectivity index (χ2n) is 14.4. The van der Waals surface area contributed by atoms with Crippen molar-refractivity contribution >= 4 is 35.6 Å². The Morgan fingerprint density at radius 2 is 1.63 bits per heavy atom. The zero-order valence-electron chi connectivity index (χ0n) is 30.3. The molecule has 0 aromatic heterocycles. The molecule has 1 fully saturated rings. The van der Waals surface area contributed by atoms with Crippen LogP contribution in [0.2, 0.25) is 0 Å². The molecule has 1 saturated heterocycles. The number of aliphatic hydroxyl groups is 1. The minimum Gasteiger partial charge on any atom is -0.507 e. The summed E-state index contributed by atoms with van der Waals surface area (Å²) in [7, 11) is 0. The molecule has 1 aromatic rings. The van der Waals surface area contributed by atoms with Gasteiger partial charge in [-0.1, -0.05) is 84.8 Å². The molecule has 7 atom stereocenters. The van der Waals surface area contributed by atoms with Crippen molar-refractivity contribution in [1.82, 2.24) is 16.0 Å². The van der Waals surface area contributed by atoms with Crippen LogP contribution < -0.4 is 21.7 Å². The number of nitrogens with two attached hydrogens (primary N) is 1. The molecule has 4 amide bonds. The van der Waals surface area contributed by atoms with Crippen LogP contribution >= 0.6 is 0 Å². The van der Waals surface area contributed by atoms with Crippen LogP contribution in [0.5, 0.6) is 5.75 Å². The fraction of sp³-hybridized carbons (Fsp3) is 0.676. The lowest BCUT2D eigenvalue weighted by atomic mass is 9.90. The lowest BCUT2D eigenvalue weighted by Gasteiger charge is -2.34. The predicted molar refractivity (Wildman–Crippen MR) is 187 cm³/mol. The van der Waals surface area contributed by atoms with Crippen molar-refractivity contribution in [1.29, 1.82) is 0 Å². The number of ether oxygens (including phenoxy) is 2. The van der Waals surface area contributed by atoms with Gasteiger partial charge in [0.15, 0.2) is 12.2 Å². The summed E-state index contributed by atoms with van der Waals surface area (Å²) in [6, 6.07) is 1.42. The van der Waals surface area contributed by atoms with Crippen LogP contribution in [0.4, 0.5) is 0 Å². The van der Waals surface area contributed by atoms with E-state index >= 15 is 0 Å². The van der Waals surface area contributed by atoms with Gasteiger partial charge in [-0.05, 0) is 36.3 Å². The van der Waals surface area contributed by atoms with E-state index in [0.29, 0.717) is 18.4 Å². The average Bonchev–Trinajstić information content (AvgIpc) is 3.43. The number of carbonyl (C=O) groups is 6. The molecule has 7 N–H and O–H groups in total. The van der Waals surface area contributed by atoms with E-state index in [1.165, 1.54) is 25.3 Å². The zero-order valence-corrected chi connectivity index (χ0v) is 30.3.